The van der Waals surface area contributed by atoms with E-state index in [0.29, 0.717) is 16.3 Å². The Morgan fingerprint density at radius 2 is 1.87 bits per heavy atom. The van der Waals surface area contributed by atoms with Crippen molar-refractivity contribution in [3.8, 4) is 17.3 Å². The normalized spacial score (nSPS) is 10.8. The molecule has 0 amide bonds. The number of anilines is 1. The summed E-state index contributed by atoms with van der Waals surface area (Å²) in [5.74, 6) is -1.51. The minimum absolute atomic E-state index is 0.0257. The zero-order valence-electron chi connectivity index (χ0n) is 15.1. The van der Waals surface area contributed by atoms with Gasteiger partial charge in [0.05, 0.1) is 15.7 Å². The second kappa shape index (κ2) is 8.60. The molecule has 0 atom stereocenters. The zero-order chi connectivity index (χ0) is 21.1. The summed E-state index contributed by atoms with van der Waals surface area (Å²) in [6.07, 6.45) is 1.52. The molecule has 0 fully saturated rings. The third kappa shape index (κ3) is 4.17. The van der Waals surface area contributed by atoms with Crippen LogP contribution >= 0.6 is 23.2 Å². The van der Waals surface area contributed by atoms with Crippen molar-refractivity contribution in [3.63, 3.8) is 0 Å². The van der Waals surface area contributed by atoms with E-state index in [1.165, 1.54) is 10.9 Å². The molecular formula is C19H12Cl2F2N6O. The van der Waals surface area contributed by atoms with Crippen LogP contribution in [0.2, 0.25) is 10.0 Å². The van der Waals surface area contributed by atoms with Crippen molar-refractivity contribution in [1.82, 2.24) is 25.2 Å². The SMILES string of the molecule is Fc1cc(CNc2nnnn2-c2cccc(Cl)c2Cl)c(Oc2ccccn2)cc1F. The summed E-state index contributed by atoms with van der Waals surface area (Å²) in [5, 5.41) is 15.0. The number of ether oxygens (including phenoxy) is 1. The number of nitrogens with zero attached hydrogens (tertiary/aromatic N) is 5. The Balaban J connectivity index is 1.61. The molecule has 4 aromatic rings. The lowest BCUT2D eigenvalue weighted by Crippen LogP contribution is -2.09. The summed E-state index contributed by atoms with van der Waals surface area (Å²) in [6, 6.07) is 12.0. The lowest BCUT2D eigenvalue weighted by molar-refractivity contribution is 0.442. The third-order valence-electron chi connectivity index (χ3n) is 4.02. The van der Waals surface area contributed by atoms with Crippen LogP contribution in [-0.2, 0) is 6.54 Å². The summed E-state index contributed by atoms with van der Waals surface area (Å²) in [4.78, 5) is 4.03. The smallest absolute Gasteiger partial charge is 0.248 e. The molecule has 0 aliphatic heterocycles. The maximum Gasteiger partial charge on any atom is 0.248 e. The first-order chi connectivity index (χ1) is 14.5. The van der Waals surface area contributed by atoms with Gasteiger partial charge in [0.2, 0.25) is 11.8 Å². The minimum Gasteiger partial charge on any atom is -0.439 e. The molecule has 0 saturated heterocycles. The van der Waals surface area contributed by atoms with Crippen molar-refractivity contribution >= 4 is 29.2 Å². The van der Waals surface area contributed by atoms with E-state index in [-0.39, 0.29) is 29.1 Å². The second-order valence-electron chi connectivity index (χ2n) is 5.98. The van der Waals surface area contributed by atoms with Gasteiger partial charge in [-0.2, -0.15) is 4.68 Å². The van der Waals surface area contributed by atoms with Crippen molar-refractivity contribution in [2.45, 2.75) is 6.54 Å². The van der Waals surface area contributed by atoms with E-state index in [9.17, 15) is 8.78 Å². The Kier molecular flexibility index (Phi) is 5.73. The van der Waals surface area contributed by atoms with Gasteiger partial charge in [-0.3, -0.25) is 0 Å². The number of benzene rings is 2. The summed E-state index contributed by atoms with van der Waals surface area (Å²) in [6.45, 7) is 0.0257. The summed E-state index contributed by atoms with van der Waals surface area (Å²) < 4.78 is 34.6. The van der Waals surface area contributed by atoms with Crippen LogP contribution in [0.3, 0.4) is 0 Å². The molecule has 0 aliphatic rings. The van der Waals surface area contributed by atoms with Crippen LogP contribution in [0.25, 0.3) is 5.69 Å². The second-order valence-corrected chi connectivity index (χ2v) is 6.77. The quantitative estimate of drug-likeness (QED) is 0.444. The molecule has 1 N–H and O–H groups in total. The highest BCUT2D eigenvalue weighted by atomic mass is 35.5. The number of tetrazole rings is 1. The Morgan fingerprint density at radius 1 is 1.03 bits per heavy atom. The zero-order valence-corrected chi connectivity index (χ0v) is 16.6. The highest BCUT2D eigenvalue weighted by molar-refractivity contribution is 6.43. The highest BCUT2D eigenvalue weighted by Gasteiger charge is 2.16. The molecule has 0 saturated carbocycles. The van der Waals surface area contributed by atoms with Gasteiger partial charge in [-0.1, -0.05) is 40.4 Å². The highest BCUT2D eigenvalue weighted by Crippen LogP contribution is 2.30. The van der Waals surface area contributed by atoms with Crippen LogP contribution in [-0.4, -0.2) is 25.2 Å². The average Bonchev–Trinajstić information content (AvgIpc) is 3.20. The molecule has 2 heterocycles. The summed E-state index contributed by atoms with van der Waals surface area (Å²) in [7, 11) is 0. The fourth-order valence-electron chi connectivity index (χ4n) is 2.61. The van der Waals surface area contributed by atoms with Gasteiger partial charge in [0.1, 0.15) is 5.75 Å². The van der Waals surface area contributed by atoms with Crippen LogP contribution < -0.4 is 10.1 Å². The fraction of sp³-hybridized carbons (Fsp3) is 0.0526. The first kappa shape index (κ1) is 20.0. The Bertz CT molecular complexity index is 1190. The van der Waals surface area contributed by atoms with Gasteiger partial charge in [-0.15, -0.1) is 0 Å². The van der Waals surface area contributed by atoms with Crippen LogP contribution in [0.1, 0.15) is 5.56 Å². The van der Waals surface area contributed by atoms with Crippen molar-refractivity contribution in [3.05, 3.63) is 82.0 Å². The fourth-order valence-corrected chi connectivity index (χ4v) is 2.99. The van der Waals surface area contributed by atoms with Crippen LogP contribution in [0.4, 0.5) is 14.7 Å². The standard InChI is InChI=1S/C19H12Cl2F2N6O/c20-12-4-3-5-15(18(12)21)29-19(26-27-28-29)25-10-11-8-13(22)14(23)9-16(11)30-17-6-1-2-7-24-17/h1-9H,10H2,(H,25,26,28). The molecule has 0 aliphatic carbocycles. The maximum atomic E-state index is 13.9. The van der Waals surface area contributed by atoms with E-state index in [2.05, 4.69) is 25.8 Å². The molecule has 0 radical (unpaired) electrons. The lowest BCUT2D eigenvalue weighted by atomic mass is 10.2. The van der Waals surface area contributed by atoms with Crippen LogP contribution in [0.5, 0.6) is 11.6 Å². The maximum absolute atomic E-state index is 13.9. The topological polar surface area (TPSA) is 77.8 Å². The van der Waals surface area contributed by atoms with Gasteiger partial charge >= 0.3 is 0 Å². The van der Waals surface area contributed by atoms with E-state index < -0.39 is 11.6 Å². The molecule has 2 aromatic carbocycles. The number of hydrogen-bond donors (Lipinski definition) is 1. The van der Waals surface area contributed by atoms with Crippen molar-refractivity contribution in [2.75, 3.05) is 5.32 Å². The van der Waals surface area contributed by atoms with Crippen LogP contribution in [0, 0.1) is 11.6 Å². The van der Waals surface area contributed by atoms with Gasteiger partial charge in [0, 0.05) is 30.4 Å². The number of pyridine rings is 1. The molecule has 2 aromatic heterocycles. The molecule has 4 rings (SSSR count). The van der Waals surface area contributed by atoms with Gasteiger partial charge in [-0.05, 0) is 34.7 Å². The van der Waals surface area contributed by atoms with E-state index in [4.69, 9.17) is 27.9 Å². The monoisotopic (exact) mass is 448 g/mol. The first-order valence-corrected chi connectivity index (χ1v) is 9.32. The van der Waals surface area contributed by atoms with Gasteiger partial charge in [0.25, 0.3) is 0 Å². The van der Waals surface area contributed by atoms with Crippen molar-refractivity contribution in [1.29, 1.82) is 0 Å². The van der Waals surface area contributed by atoms with Gasteiger partial charge in [0.15, 0.2) is 11.6 Å². The Morgan fingerprint density at radius 3 is 2.67 bits per heavy atom. The molecule has 0 spiro atoms. The minimum atomic E-state index is -1.04. The van der Waals surface area contributed by atoms with Gasteiger partial charge in [-0.25, -0.2) is 13.8 Å². The van der Waals surface area contributed by atoms with E-state index in [1.807, 2.05) is 0 Å². The third-order valence-corrected chi connectivity index (χ3v) is 4.83. The van der Waals surface area contributed by atoms with Gasteiger partial charge < -0.3 is 10.1 Å². The molecule has 0 unspecified atom stereocenters. The average molecular weight is 449 g/mol. The number of nitrogens with one attached hydrogen (secondary N) is 1. The number of rotatable bonds is 6. The number of aromatic nitrogens is 5. The van der Waals surface area contributed by atoms with E-state index in [1.54, 1.807) is 36.4 Å². The molecule has 152 valence electrons. The molecule has 0 bridgehead atoms. The predicted molar refractivity (Wildman–Crippen MR) is 107 cm³/mol. The number of hydrogen-bond acceptors (Lipinski definition) is 6. The Hall–Kier alpha value is -3.30. The largest absolute Gasteiger partial charge is 0.439 e. The number of halogens is 4. The molecular weight excluding hydrogens is 437 g/mol. The van der Waals surface area contributed by atoms with Crippen molar-refractivity contribution in [2.24, 2.45) is 0 Å². The predicted octanol–water partition coefficient (Wildman–Crippen LogP) is 5.05. The van der Waals surface area contributed by atoms with E-state index >= 15 is 0 Å². The first-order valence-electron chi connectivity index (χ1n) is 8.56. The summed E-state index contributed by atoms with van der Waals surface area (Å²) >= 11 is 12.3. The molecule has 11 heteroatoms. The lowest BCUT2D eigenvalue weighted by Gasteiger charge is -2.13. The molecule has 30 heavy (non-hydrogen) atoms. The van der Waals surface area contributed by atoms with Crippen LogP contribution in [0.15, 0.2) is 54.7 Å². The Labute approximate surface area is 179 Å². The van der Waals surface area contributed by atoms with Crippen molar-refractivity contribution < 1.29 is 13.5 Å². The molecule has 7 nitrogen and oxygen atoms in total. The summed E-state index contributed by atoms with van der Waals surface area (Å²) in [5.41, 5.74) is 0.776. The van der Waals surface area contributed by atoms with E-state index in [0.717, 1.165) is 12.1 Å².